The predicted octanol–water partition coefficient (Wildman–Crippen LogP) is 3.32. The molecule has 21 heavy (non-hydrogen) atoms. The molecule has 2 N–H and O–H groups in total. The lowest BCUT2D eigenvalue weighted by Crippen LogP contribution is -2.34. The highest BCUT2D eigenvalue weighted by Crippen LogP contribution is 2.30. The van der Waals surface area contributed by atoms with Crippen molar-refractivity contribution in [1.29, 1.82) is 0 Å². The van der Waals surface area contributed by atoms with Crippen LogP contribution in [0.25, 0.3) is 21.7 Å². The SMILES string of the molecule is CC(C)(C)n1c(=O)c2cc(O)ccc2c2ccc(O)cc21. The second-order valence-corrected chi connectivity index (χ2v) is 6.24. The smallest absolute Gasteiger partial charge is 0.259 e. The molecule has 1 heterocycles. The zero-order valence-corrected chi connectivity index (χ0v) is 12.2. The van der Waals surface area contributed by atoms with E-state index in [1.165, 1.54) is 6.07 Å². The van der Waals surface area contributed by atoms with Crippen molar-refractivity contribution in [3.8, 4) is 11.5 Å². The number of aromatic nitrogens is 1. The first-order chi connectivity index (χ1) is 9.79. The summed E-state index contributed by atoms with van der Waals surface area (Å²) in [6.07, 6.45) is 0. The second kappa shape index (κ2) is 4.25. The van der Waals surface area contributed by atoms with Crippen LogP contribution in [0.3, 0.4) is 0 Å². The van der Waals surface area contributed by atoms with Crippen LogP contribution in [0.15, 0.2) is 41.2 Å². The Kier molecular flexibility index (Phi) is 2.73. The quantitative estimate of drug-likeness (QED) is 0.622. The van der Waals surface area contributed by atoms with Crippen LogP contribution in [0.5, 0.6) is 11.5 Å². The zero-order chi connectivity index (χ0) is 15.4. The lowest BCUT2D eigenvalue weighted by Gasteiger charge is -2.25. The molecular weight excluding hydrogens is 266 g/mol. The minimum atomic E-state index is -0.442. The number of fused-ring (bicyclic) bond motifs is 3. The van der Waals surface area contributed by atoms with Gasteiger partial charge in [0.1, 0.15) is 11.5 Å². The monoisotopic (exact) mass is 283 g/mol. The van der Waals surface area contributed by atoms with E-state index in [0.717, 1.165) is 10.8 Å². The maximum atomic E-state index is 12.8. The van der Waals surface area contributed by atoms with Crippen LogP contribution >= 0.6 is 0 Å². The molecule has 0 amide bonds. The summed E-state index contributed by atoms with van der Waals surface area (Å²) in [7, 11) is 0. The van der Waals surface area contributed by atoms with Crippen LogP contribution < -0.4 is 5.56 Å². The summed E-state index contributed by atoms with van der Waals surface area (Å²) in [6.45, 7) is 5.81. The molecule has 0 unspecified atom stereocenters. The summed E-state index contributed by atoms with van der Waals surface area (Å²) in [6, 6.07) is 9.80. The van der Waals surface area contributed by atoms with Gasteiger partial charge in [0, 0.05) is 17.0 Å². The number of pyridine rings is 1. The van der Waals surface area contributed by atoms with E-state index in [2.05, 4.69) is 0 Å². The van der Waals surface area contributed by atoms with Crippen LogP contribution in [-0.2, 0) is 5.54 Å². The fourth-order valence-electron chi connectivity index (χ4n) is 2.77. The summed E-state index contributed by atoms with van der Waals surface area (Å²) >= 11 is 0. The van der Waals surface area contributed by atoms with Gasteiger partial charge in [0.05, 0.1) is 10.9 Å². The van der Waals surface area contributed by atoms with Gasteiger partial charge in [0.15, 0.2) is 0 Å². The van der Waals surface area contributed by atoms with Crippen LogP contribution in [-0.4, -0.2) is 14.8 Å². The Morgan fingerprint density at radius 1 is 0.857 bits per heavy atom. The standard InChI is InChI=1S/C17H17NO3/c1-17(2,3)18-15-9-11(20)5-7-13(15)12-6-4-10(19)8-14(12)16(18)21/h4-9,19-20H,1-3H3. The minimum absolute atomic E-state index is 0.0678. The van der Waals surface area contributed by atoms with Crippen molar-refractivity contribution in [2.24, 2.45) is 0 Å². The molecule has 3 rings (SSSR count). The molecule has 0 bridgehead atoms. The van der Waals surface area contributed by atoms with Crippen LogP contribution in [0, 0.1) is 0 Å². The Labute approximate surface area is 121 Å². The molecule has 3 aromatic rings. The number of benzene rings is 2. The highest BCUT2D eigenvalue weighted by atomic mass is 16.3. The van der Waals surface area contributed by atoms with Crippen molar-refractivity contribution in [3.63, 3.8) is 0 Å². The topological polar surface area (TPSA) is 62.5 Å². The third kappa shape index (κ3) is 2.03. The molecule has 0 radical (unpaired) electrons. The highest BCUT2D eigenvalue weighted by Gasteiger charge is 2.20. The number of phenolic OH excluding ortho intramolecular Hbond substituents is 2. The van der Waals surface area contributed by atoms with E-state index in [4.69, 9.17) is 0 Å². The van der Waals surface area contributed by atoms with Crippen molar-refractivity contribution in [2.75, 3.05) is 0 Å². The van der Waals surface area contributed by atoms with E-state index < -0.39 is 5.54 Å². The predicted molar refractivity (Wildman–Crippen MR) is 84.0 cm³/mol. The van der Waals surface area contributed by atoms with Gasteiger partial charge in [-0.05, 0) is 56.5 Å². The third-order valence-corrected chi connectivity index (χ3v) is 3.62. The van der Waals surface area contributed by atoms with Crippen molar-refractivity contribution in [1.82, 2.24) is 4.57 Å². The third-order valence-electron chi connectivity index (χ3n) is 3.62. The van der Waals surface area contributed by atoms with Gasteiger partial charge in [-0.3, -0.25) is 4.79 Å². The molecule has 4 nitrogen and oxygen atoms in total. The molecule has 0 saturated carbocycles. The minimum Gasteiger partial charge on any atom is -0.508 e. The number of phenols is 2. The van der Waals surface area contributed by atoms with E-state index in [9.17, 15) is 15.0 Å². The Balaban J connectivity index is 2.67. The van der Waals surface area contributed by atoms with Gasteiger partial charge < -0.3 is 14.8 Å². The van der Waals surface area contributed by atoms with Gasteiger partial charge in [-0.2, -0.15) is 0 Å². The summed E-state index contributed by atoms with van der Waals surface area (Å²) in [5.74, 6) is 0.191. The summed E-state index contributed by atoms with van der Waals surface area (Å²) < 4.78 is 1.66. The summed E-state index contributed by atoms with van der Waals surface area (Å²) in [5.41, 5.74) is 0.0696. The Hall–Kier alpha value is -2.49. The number of nitrogens with zero attached hydrogens (tertiary/aromatic N) is 1. The van der Waals surface area contributed by atoms with E-state index in [-0.39, 0.29) is 17.1 Å². The zero-order valence-electron chi connectivity index (χ0n) is 12.2. The van der Waals surface area contributed by atoms with Gasteiger partial charge in [0.25, 0.3) is 5.56 Å². The van der Waals surface area contributed by atoms with E-state index in [1.54, 1.807) is 34.9 Å². The van der Waals surface area contributed by atoms with Crippen LogP contribution in [0.1, 0.15) is 20.8 Å². The van der Waals surface area contributed by atoms with E-state index in [1.807, 2.05) is 20.8 Å². The second-order valence-electron chi connectivity index (χ2n) is 6.24. The Morgan fingerprint density at radius 2 is 1.43 bits per heavy atom. The Morgan fingerprint density at radius 3 is 2.05 bits per heavy atom. The van der Waals surface area contributed by atoms with Gasteiger partial charge in [-0.25, -0.2) is 0 Å². The van der Waals surface area contributed by atoms with Gasteiger partial charge in [0.2, 0.25) is 0 Å². The van der Waals surface area contributed by atoms with Crippen molar-refractivity contribution >= 4 is 21.7 Å². The van der Waals surface area contributed by atoms with Crippen molar-refractivity contribution in [3.05, 3.63) is 46.8 Å². The molecule has 0 aliphatic rings. The maximum absolute atomic E-state index is 12.8. The average molecular weight is 283 g/mol. The number of aromatic hydroxyl groups is 2. The highest BCUT2D eigenvalue weighted by molar-refractivity contribution is 6.06. The first kappa shape index (κ1) is 13.5. The lowest BCUT2D eigenvalue weighted by atomic mass is 10.0. The van der Waals surface area contributed by atoms with Crippen molar-refractivity contribution < 1.29 is 10.2 Å². The van der Waals surface area contributed by atoms with E-state index >= 15 is 0 Å². The molecule has 0 aliphatic heterocycles. The molecular formula is C17H17NO3. The van der Waals surface area contributed by atoms with Crippen LogP contribution in [0.2, 0.25) is 0 Å². The molecule has 0 aliphatic carbocycles. The molecule has 0 saturated heterocycles. The van der Waals surface area contributed by atoms with Crippen LogP contribution in [0.4, 0.5) is 0 Å². The summed E-state index contributed by atoms with van der Waals surface area (Å²) in [4.78, 5) is 12.8. The molecule has 2 aromatic carbocycles. The molecule has 1 aromatic heterocycles. The average Bonchev–Trinajstić information content (AvgIpc) is 2.37. The number of rotatable bonds is 0. The first-order valence-corrected chi connectivity index (χ1v) is 6.80. The van der Waals surface area contributed by atoms with Crippen molar-refractivity contribution in [2.45, 2.75) is 26.3 Å². The first-order valence-electron chi connectivity index (χ1n) is 6.80. The number of hydrogen-bond donors (Lipinski definition) is 2. The molecule has 0 spiro atoms. The lowest BCUT2D eigenvalue weighted by molar-refractivity contribution is 0.399. The maximum Gasteiger partial charge on any atom is 0.259 e. The van der Waals surface area contributed by atoms with Gasteiger partial charge in [-0.15, -0.1) is 0 Å². The fraction of sp³-hybridized carbons (Fsp3) is 0.235. The number of hydrogen-bond acceptors (Lipinski definition) is 3. The van der Waals surface area contributed by atoms with Gasteiger partial charge in [-0.1, -0.05) is 0 Å². The largest absolute Gasteiger partial charge is 0.508 e. The molecule has 0 atom stereocenters. The van der Waals surface area contributed by atoms with E-state index in [0.29, 0.717) is 10.9 Å². The summed E-state index contributed by atoms with van der Waals surface area (Å²) in [5, 5.41) is 21.6. The normalized spacial score (nSPS) is 12.1. The Bertz CT molecular complexity index is 917. The molecule has 4 heteroatoms. The molecule has 108 valence electrons. The fourth-order valence-corrected chi connectivity index (χ4v) is 2.77. The molecule has 0 fully saturated rings. The van der Waals surface area contributed by atoms with Gasteiger partial charge >= 0.3 is 0 Å².